The number of aromatic amines is 2. The third kappa shape index (κ3) is 4.26. The standard InChI is InChI=1S/C17H17N5O4/c1-26-11-4-2-3-10(9-11)18-14(23)7-8-15(24)20-13-6-5-12-16(21-13)22-17(25)19-12/h2-6,9H,7-8H2,1H3,(H,18,23)(H3,19,20,21,22,24,25). The fourth-order valence-electron chi connectivity index (χ4n) is 2.34. The van der Waals surface area contributed by atoms with Gasteiger partial charge >= 0.3 is 5.69 Å². The number of nitrogens with one attached hydrogen (secondary N) is 4. The molecular formula is C17H17N5O4. The Bertz CT molecular complexity index is 1010. The number of hydrogen-bond donors (Lipinski definition) is 4. The summed E-state index contributed by atoms with van der Waals surface area (Å²) in [5.41, 5.74) is 1.12. The zero-order chi connectivity index (χ0) is 18.5. The summed E-state index contributed by atoms with van der Waals surface area (Å²) in [4.78, 5) is 44.3. The van der Waals surface area contributed by atoms with Crippen molar-refractivity contribution in [2.45, 2.75) is 12.8 Å². The van der Waals surface area contributed by atoms with E-state index < -0.39 is 0 Å². The van der Waals surface area contributed by atoms with Gasteiger partial charge in [-0.15, -0.1) is 0 Å². The number of carbonyl (C=O) groups excluding carboxylic acids is 2. The van der Waals surface area contributed by atoms with Crippen molar-refractivity contribution in [3.63, 3.8) is 0 Å². The monoisotopic (exact) mass is 355 g/mol. The topological polar surface area (TPSA) is 129 Å². The van der Waals surface area contributed by atoms with E-state index in [1.165, 1.54) is 0 Å². The van der Waals surface area contributed by atoms with Gasteiger partial charge in [-0.1, -0.05) is 6.07 Å². The van der Waals surface area contributed by atoms with Crippen LogP contribution in [0, 0.1) is 0 Å². The maximum Gasteiger partial charge on any atom is 0.325 e. The molecular weight excluding hydrogens is 338 g/mol. The number of nitrogens with zero attached hydrogens (tertiary/aromatic N) is 1. The van der Waals surface area contributed by atoms with Crippen LogP contribution in [-0.4, -0.2) is 33.9 Å². The normalized spacial score (nSPS) is 10.5. The quantitative estimate of drug-likeness (QED) is 0.534. The van der Waals surface area contributed by atoms with Gasteiger partial charge in [0.2, 0.25) is 11.8 Å². The van der Waals surface area contributed by atoms with Crippen LogP contribution in [-0.2, 0) is 9.59 Å². The van der Waals surface area contributed by atoms with Crippen molar-refractivity contribution in [2.75, 3.05) is 17.7 Å². The highest BCUT2D eigenvalue weighted by atomic mass is 16.5. The highest BCUT2D eigenvalue weighted by molar-refractivity contribution is 5.96. The van der Waals surface area contributed by atoms with Crippen LogP contribution in [0.2, 0.25) is 0 Å². The molecule has 0 saturated heterocycles. The zero-order valence-corrected chi connectivity index (χ0v) is 14.0. The number of amides is 2. The van der Waals surface area contributed by atoms with Crippen LogP contribution in [0.15, 0.2) is 41.2 Å². The Morgan fingerprint density at radius 1 is 1.08 bits per heavy atom. The van der Waals surface area contributed by atoms with Gasteiger partial charge in [-0.2, -0.15) is 0 Å². The molecule has 9 heteroatoms. The molecule has 0 radical (unpaired) electrons. The van der Waals surface area contributed by atoms with Crippen molar-refractivity contribution in [3.8, 4) is 5.75 Å². The van der Waals surface area contributed by atoms with Gasteiger partial charge in [-0.25, -0.2) is 9.78 Å². The summed E-state index contributed by atoms with van der Waals surface area (Å²) in [6.45, 7) is 0. The molecule has 0 aliphatic heterocycles. The number of aromatic nitrogens is 3. The Hall–Kier alpha value is -3.62. The number of ether oxygens (including phenoxy) is 1. The molecule has 1 aromatic carbocycles. The van der Waals surface area contributed by atoms with E-state index in [9.17, 15) is 14.4 Å². The lowest BCUT2D eigenvalue weighted by Crippen LogP contribution is -2.17. The first-order valence-corrected chi connectivity index (χ1v) is 7.86. The summed E-state index contributed by atoms with van der Waals surface area (Å²) in [7, 11) is 1.54. The number of benzene rings is 1. The maximum atomic E-state index is 12.0. The second-order valence-corrected chi connectivity index (χ2v) is 5.50. The van der Waals surface area contributed by atoms with Crippen LogP contribution < -0.4 is 21.1 Å². The third-order valence-electron chi connectivity index (χ3n) is 3.58. The maximum absolute atomic E-state index is 12.0. The predicted octanol–water partition coefficient (Wildman–Crippen LogP) is 1.62. The minimum absolute atomic E-state index is 0.000818. The smallest absolute Gasteiger partial charge is 0.325 e. The highest BCUT2D eigenvalue weighted by Crippen LogP contribution is 2.17. The van der Waals surface area contributed by atoms with Gasteiger partial charge in [0.05, 0.1) is 12.6 Å². The number of hydrogen-bond acceptors (Lipinski definition) is 5. The van der Waals surface area contributed by atoms with Gasteiger partial charge < -0.3 is 20.4 Å². The first kappa shape index (κ1) is 17.2. The molecule has 0 aliphatic rings. The van der Waals surface area contributed by atoms with Crippen molar-refractivity contribution in [2.24, 2.45) is 0 Å². The second-order valence-electron chi connectivity index (χ2n) is 5.50. The SMILES string of the molecule is COc1cccc(NC(=O)CCC(=O)Nc2ccc3[nH]c(=O)[nH]c3n2)c1. The second kappa shape index (κ2) is 7.51. The molecule has 4 N–H and O–H groups in total. The lowest BCUT2D eigenvalue weighted by atomic mass is 10.2. The summed E-state index contributed by atoms with van der Waals surface area (Å²) in [6, 6.07) is 10.1. The van der Waals surface area contributed by atoms with Gasteiger partial charge in [-0.05, 0) is 24.3 Å². The lowest BCUT2D eigenvalue weighted by molar-refractivity contribution is -0.121. The van der Waals surface area contributed by atoms with E-state index in [1.807, 2.05) is 0 Å². The number of H-pyrrole nitrogens is 2. The Labute approximate surface area is 147 Å². The number of fused-ring (bicyclic) bond motifs is 1. The van der Waals surface area contributed by atoms with Crippen molar-refractivity contribution in [1.82, 2.24) is 15.0 Å². The molecule has 134 valence electrons. The van der Waals surface area contributed by atoms with Crippen LogP contribution in [0.25, 0.3) is 11.2 Å². The van der Waals surface area contributed by atoms with Gasteiger partial charge in [0.25, 0.3) is 0 Å². The van der Waals surface area contributed by atoms with Crippen molar-refractivity contribution >= 4 is 34.5 Å². The van der Waals surface area contributed by atoms with E-state index in [0.717, 1.165) is 0 Å². The van der Waals surface area contributed by atoms with Crippen LogP contribution in [0.4, 0.5) is 11.5 Å². The van der Waals surface area contributed by atoms with Gasteiger partial charge in [0.1, 0.15) is 11.6 Å². The highest BCUT2D eigenvalue weighted by Gasteiger charge is 2.09. The summed E-state index contributed by atoms with van der Waals surface area (Å²) >= 11 is 0. The molecule has 2 amide bonds. The molecule has 3 rings (SSSR count). The molecule has 0 saturated carbocycles. The summed E-state index contributed by atoms with van der Waals surface area (Å²) in [6.07, 6.45) is 0.0193. The number of imidazole rings is 1. The Morgan fingerprint density at radius 3 is 2.62 bits per heavy atom. The number of carbonyl (C=O) groups is 2. The number of methoxy groups -OCH3 is 1. The molecule has 26 heavy (non-hydrogen) atoms. The molecule has 2 aromatic heterocycles. The molecule has 2 heterocycles. The largest absolute Gasteiger partial charge is 0.497 e. The van der Waals surface area contributed by atoms with Crippen LogP contribution >= 0.6 is 0 Å². The molecule has 0 fully saturated rings. The third-order valence-corrected chi connectivity index (χ3v) is 3.58. The average molecular weight is 355 g/mol. The number of rotatable bonds is 6. The first-order chi connectivity index (χ1) is 12.5. The van der Waals surface area contributed by atoms with Crippen LogP contribution in [0.3, 0.4) is 0 Å². The molecule has 0 atom stereocenters. The van der Waals surface area contributed by atoms with Crippen molar-refractivity contribution in [3.05, 3.63) is 46.9 Å². The zero-order valence-electron chi connectivity index (χ0n) is 14.0. The van der Waals surface area contributed by atoms with E-state index >= 15 is 0 Å². The predicted molar refractivity (Wildman–Crippen MR) is 96.2 cm³/mol. The van der Waals surface area contributed by atoms with Crippen LogP contribution in [0.1, 0.15) is 12.8 Å². The van der Waals surface area contributed by atoms with Gasteiger partial charge in [0, 0.05) is 24.6 Å². The molecule has 0 unspecified atom stereocenters. The van der Waals surface area contributed by atoms with Gasteiger partial charge in [-0.3, -0.25) is 14.6 Å². The summed E-state index contributed by atoms with van der Waals surface area (Å²) < 4.78 is 5.09. The van der Waals surface area contributed by atoms with E-state index in [-0.39, 0.29) is 30.3 Å². The summed E-state index contributed by atoms with van der Waals surface area (Å²) in [5.74, 6) is 0.290. The van der Waals surface area contributed by atoms with Gasteiger partial charge in [0.15, 0.2) is 5.65 Å². The Morgan fingerprint density at radius 2 is 1.85 bits per heavy atom. The molecule has 3 aromatic rings. The number of anilines is 2. The van der Waals surface area contributed by atoms with Crippen molar-refractivity contribution in [1.29, 1.82) is 0 Å². The van der Waals surface area contributed by atoms with Crippen LogP contribution in [0.5, 0.6) is 5.75 Å². The first-order valence-electron chi connectivity index (χ1n) is 7.86. The summed E-state index contributed by atoms with van der Waals surface area (Å²) in [5, 5.41) is 5.30. The minimum atomic E-state index is -0.370. The van der Waals surface area contributed by atoms with E-state index in [1.54, 1.807) is 43.5 Å². The fraction of sp³-hybridized carbons (Fsp3) is 0.176. The Kier molecular flexibility index (Phi) is 4.97. The minimum Gasteiger partial charge on any atom is -0.497 e. The van der Waals surface area contributed by atoms with Crippen molar-refractivity contribution < 1.29 is 14.3 Å². The van der Waals surface area contributed by atoms with E-state index in [4.69, 9.17) is 4.74 Å². The molecule has 0 spiro atoms. The fourth-order valence-corrected chi connectivity index (χ4v) is 2.34. The average Bonchev–Trinajstić information content (AvgIpc) is 2.99. The molecule has 0 bridgehead atoms. The Balaban J connectivity index is 1.52. The number of pyridine rings is 1. The molecule has 9 nitrogen and oxygen atoms in total. The van der Waals surface area contributed by atoms with E-state index in [2.05, 4.69) is 25.6 Å². The molecule has 0 aliphatic carbocycles. The lowest BCUT2D eigenvalue weighted by Gasteiger charge is -2.07. The van der Waals surface area contributed by atoms with E-state index in [0.29, 0.717) is 28.4 Å².